The first-order chi connectivity index (χ1) is 8.88. The molecule has 1 fully saturated rings. The first-order valence-electron chi connectivity index (χ1n) is 5.60. The third-order valence-corrected chi connectivity index (χ3v) is 4.47. The molecule has 3 N–H and O–H groups in total. The summed E-state index contributed by atoms with van der Waals surface area (Å²) in [5.74, 6) is -0.625. The lowest BCUT2D eigenvalue weighted by Gasteiger charge is -2.09. The first-order valence-corrected chi connectivity index (χ1v) is 7.94. The summed E-state index contributed by atoms with van der Waals surface area (Å²) in [5.41, 5.74) is 0. The third kappa shape index (κ3) is 3.56. The molecule has 7 nitrogen and oxygen atoms in total. The van der Waals surface area contributed by atoms with Gasteiger partial charge in [0, 0.05) is 19.2 Å². The van der Waals surface area contributed by atoms with Crippen LogP contribution in [0.5, 0.6) is 0 Å². The summed E-state index contributed by atoms with van der Waals surface area (Å²) in [6, 6.07) is 1.09. The van der Waals surface area contributed by atoms with Crippen LogP contribution in [0.3, 0.4) is 0 Å². The van der Waals surface area contributed by atoms with E-state index in [0.717, 1.165) is 18.9 Å². The van der Waals surface area contributed by atoms with Crippen molar-refractivity contribution in [2.24, 2.45) is 5.14 Å². The van der Waals surface area contributed by atoms with Gasteiger partial charge in [0.2, 0.25) is 10.0 Å². The van der Waals surface area contributed by atoms with Crippen molar-refractivity contribution >= 4 is 31.9 Å². The minimum Gasteiger partial charge on any atom is -0.443 e. The Morgan fingerprint density at radius 3 is 2.84 bits per heavy atom. The summed E-state index contributed by atoms with van der Waals surface area (Å²) in [5, 5.41) is 7.59. The third-order valence-electron chi connectivity index (χ3n) is 2.70. The van der Waals surface area contributed by atoms with E-state index in [1.54, 1.807) is 0 Å². The number of nitrogens with one attached hydrogen (secondary N) is 1. The zero-order chi connectivity index (χ0) is 14.0. The number of rotatable bonds is 4. The highest BCUT2D eigenvalue weighted by Crippen LogP contribution is 2.25. The van der Waals surface area contributed by atoms with Crippen molar-refractivity contribution in [1.29, 1.82) is 0 Å². The highest BCUT2D eigenvalue weighted by atomic mass is 79.9. The molecule has 2 heterocycles. The molecule has 1 aromatic heterocycles. The topological polar surface area (TPSA) is 112 Å². The van der Waals surface area contributed by atoms with Gasteiger partial charge in [0.15, 0.2) is 10.4 Å². The number of carbonyl (C=O) groups excluding carboxylic acids is 1. The van der Waals surface area contributed by atoms with Gasteiger partial charge < -0.3 is 14.5 Å². The van der Waals surface area contributed by atoms with Gasteiger partial charge in [0.1, 0.15) is 4.90 Å². The smallest absolute Gasteiger partial charge is 0.287 e. The van der Waals surface area contributed by atoms with Crippen LogP contribution < -0.4 is 10.5 Å². The van der Waals surface area contributed by atoms with E-state index in [4.69, 9.17) is 14.3 Å². The molecule has 1 aliphatic heterocycles. The van der Waals surface area contributed by atoms with Crippen LogP contribution in [0.1, 0.15) is 23.4 Å². The molecule has 2 rings (SSSR count). The molecule has 1 atom stereocenters. The number of sulfonamides is 1. The second-order valence-corrected chi connectivity index (χ2v) is 6.39. The van der Waals surface area contributed by atoms with Crippen molar-refractivity contribution < 1.29 is 22.4 Å². The van der Waals surface area contributed by atoms with Crippen LogP contribution in [0.15, 0.2) is 20.0 Å². The van der Waals surface area contributed by atoms with Gasteiger partial charge in [-0.15, -0.1) is 0 Å². The Labute approximate surface area is 118 Å². The lowest BCUT2D eigenvalue weighted by Crippen LogP contribution is -2.31. The molecule has 9 heteroatoms. The number of amides is 1. The van der Waals surface area contributed by atoms with Crippen molar-refractivity contribution in [2.75, 3.05) is 13.2 Å². The van der Waals surface area contributed by atoms with Gasteiger partial charge in [0.25, 0.3) is 5.91 Å². The standard InChI is InChI=1S/C10H13BrN2O5S/c11-9-8(19(12,15)16)4-7(18-9)10(14)13-5-6-2-1-3-17-6/h4,6H,1-3,5H2,(H,13,14)(H2,12,15,16). The number of nitrogens with two attached hydrogens (primary N) is 1. The van der Waals surface area contributed by atoms with Gasteiger partial charge in [-0.3, -0.25) is 4.79 Å². The van der Waals surface area contributed by atoms with Gasteiger partial charge in [0.05, 0.1) is 6.10 Å². The van der Waals surface area contributed by atoms with Crippen molar-refractivity contribution in [2.45, 2.75) is 23.8 Å². The molecule has 0 saturated carbocycles. The summed E-state index contributed by atoms with van der Waals surface area (Å²) >= 11 is 2.91. The van der Waals surface area contributed by atoms with E-state index in [1.165, 1.54) is 0 Å². The molecule has 1 amide bonds. The average molecular weight is 353 g/mol. The van der Waals surface area contributed by atoms with Crippen molar-refractivity contribution in [3.63, 3.8) is 0 Å². The molecule has 19 heavy (non-hydrogen) atoms. The van der Waals surface area contributed by atoms with Crippen LogP contribution in [0, 0.1) is 0 Å². The Bertz CT molecular complexity index is 577. The minimum absolute atomic E-state index is 0.0000597. The maximum absolute atomic E-state index is 11.8. The average Bonchev–Trinajstić information content (AvgIpc) is 2.93. The van der Waals surface area contributed by atoms with Crippen molar-refractivity contribution in [3.05, 3.63) is 16.5 Å². The second kappa shape index (κ2) is 5.61. The monoisotopic (exact) mass is 352 g/mol. The number of hydrogen-bond acceptors (Lipinski definition) is 5. The van der Waals surface area contributed by atoms with E-state index < -0.39 is 15.9 Å². The fourth-order valence-corrected chi connectivity index (χ4v) is 3.26. The van der Waals surface area contributed by atoms with Gasteiger partial charge in [-0.2, -0.15) is 0 Å². The Morgan fingerprint density at radius 1 is 1.58 bits per heavy atom. The fraction of sp³-hybridized carbons (Fsp3) is 0.500. The van der Waals surface area contributed by atoms with Gasteiger partial charge in [-0.05, 0) is 28.8 Å². The molecule has 1 saturated heterocycles. The second-order valence-electron chi connectivity index (χ2n) is 4.14. The molecule has 1 aliphatic rings. The molecule has 1 aromatic rings. The highest BCUT2D eigenvalue weighted by Gasteiger charge is 2.23. The lowest BCUT2D eigenvalue weighted by atomic mass is 10.2. The normalized spacial score (nSPS) is 19.6. The predicted octanol–water partition coefficient (Wildman–Crippen LogP) is 0.598. The van der Waals surface area contributed by atoms with E-state index in [-0.39, 0.29) is 21.4 Å². The molecule has 0 aliphatic carbocycles. The fourth-order valence-electron chi connectivity index (χ4n) is 1.76. The number of halogens is 1. The molecule has 0 radical (unpaired) electrons. The molecule has 0 bridgehead atoms. The summed E-state index contributed by atoms with van der Waals surface area (Å²) in [6.07, 6.45) is 1.87. The molecule has 1 unspecified atom stereocenters. The highest BCUT2D eigenvalue weighted by molar-refractivity contribution is 9.10. The molecule has 0 aromatic carbocycles. The van der Waals surface area contributed by atoms with E-state index >= 15 is 0 Å². The van der Waals surface area contributed by atoms with Gasteiger partial charge in [-0.25, -0.2) is 13.6 Å². The predicted molar refractivity (Wildman–Crippen MR) is 69.1 cm³/mol. The van der Waals surface area contributed by atoms with Crippen LogP contribution in [-0.2, 0) is 14.8 Å². The largest absolute Gasteiger partial charge is 0.443 e. The lowest BCUT2D eigenvalue weighted by molar-refractivity contribution is 0.0834. The molecular formula is C10H13BrN2O5S. The van der Waals surface area contributed by atoms with E-state index in [0.29, 0.717) is 13.2 Å². The van der Waals surface area contributed by atoms with Crippen molar-refractivity contribution in [1.82, 2.24) is 5.32 Å². The Balaban J connectivity index is 2.03. The number of furan rings is 1. The van der Waals surface area contributed by atoms with Crippen molar-refractivity contribution in [3.8, 4) is 0 Å². The van der Waals surface area contributed by atoms with Crippen LogP contribution in [0.2, 0.25) is 0 Å². The molecule has 0 spiro atoms. The van der Waals surface area contributed by atoms with E-state index in [9.17, 15) is 13.2 Å². The number of carbonyl (C=O) groups is 1. The summed E-state index contributed by atoms with van der Waals surface area (Å²) in [7, 11) is -3.92. The zero-order valence-corrected chi connectivity index (χ0v) is 12.3. The van der Waals surface area contributed by atoms with Crippen LogP contribution in [0.4, 0.5) is 0 Å². The van der Waals surface area contributed by atoms with Crippen LogP contribution in [-0.4, -0.2) is 33.6 Å². The molecule has 106 valence electrons. The van der Waals surface area contributed by atoms with Gasteiger partial charge >= 0.3 is 0 Å². The van der Waals surface area contributed by atoms with E-state index in [2.05, 4.69) is 21.2 Å². The SMILES string of the molecule is NS(=O)(=O)c1cc(C(=O)NCC2CCCO2)oc1Br. The zero-order valence-electron chi connectivity index (χ0n) is 9.89. The summed E-state index contributed by atoms with van der Waals surface area (Å²) < 4.78 is 32.7. The van der Waals surface area contributed by atoms with Crippen LogP contribution in [0.25, 0.3) is 0 Å². The Hall–Kier alpha value is -0.900. The first kappa shape index (κ1) is 14.5. The summed E-state index contributed by atoms with van der Waals surface area (Å²) in [6.45, 7) is 1.06. The number of ether oxygens (including phenoxy) is 1. The minimum atomic E-state index is -3.92. The molecular weight excluding hydrogens is 340 g/mol. The number of primary sulfonamides is 1. The number of hydrogen-bond donors (Lipinski definition) is 2. The summed E-state index contributed by atoms with van der Waals surface area (Å²) in [4.78, 5) is 11.5. The Kier molecular flexibility index (Phi) is 4.29. The van der Waals surface area contributed by atoms with Gasteiger partial charge in [-0.1, -0.05) is 0 Å². The Morgan fingerprint density at radius 2 is 2.32 bits per heavy atom. The van der Waals surface area contributed by atoms with E-state index in [1.807, 2.05) is 0 Å². The maximum atomic E-state index is 11.8. The quantitative estimate of drug-likeness (QED) is 0.823. The maximum Gasteiger partial charge on any atom is 0.287 e. The van der Waals surface area contributed by atoms with Crippen LogP contribution >= 0.6 is 15.9 Å².